The highest BCUT2D eigenvalue weighted by molar-refractivity contribution is 5.06. The molecule has 1 rings (SSSR count). The van der Waals surface area contributed by atoms with Crippen LogP contribution in [0.3, 0.4) is 0 Å². The molecule has 0 aliphatic heterocycles. The Kier molecular flexibility index (Phi) is 3.31. The lowest BCUT2D eigenvalue weighted by Crippen LogP contribution is -2.25. The summed E-state index contributed by atoms with van der Waals surface area (Å²) in [6.45, 7) is 1.57. The number of hydrogen-bond donors (Lipinski definition) is 1. The molecule has 1 aromatic heterocycles. The summed E-state index contributed by atoms with van der Waals surface area (Å²) >= 11 is 0. The average molecular weight is 168 g/mol. The van der Waals surface area contributed by atoms with Gasteiger partial charge in [0.25, 0.3) is 0 Å². The van der Waals surface area contributed by atoms with E-state index in [4.69, 9.17) is 10.2 Å². The van der Waals surface area contributed by atoms with Crippen LogP contribution in [0.5, 0.6) is 0 Å². The summed E-state index contributed by atoms with van der Waals surface area (Å²) in [5, 5.41) is 0. The van der Waals surface area contributed by atoms with E-state index in [1.807, 2.05) is 26.2 Å². The van der Waals surface area contributed by atoms with Gasteiger partial charge in [0.2, 0.25) is 0 Å². The molecule has 0 fully saturated rings. The molecule has 0 saturated heterocycles. The van der Waals surface area contributed by atoms with Gasteiger partial charge in [0.1, 0.15) is 5.76 Å². The molecule has 0 radical (unpaired) electrons. The molecule has 0 amide bonds. The van der Waals surface area contributed by atoms with E-state index >= 15 is 0 Å². The summed E-state index contributed by atoms with van der Waals surface area (Å²) in [5.41, 5.74) is 5.63. The molecule has 0 spiro atoms. The fourth-order valence-electron chi connectivity index (χ4n) is 1.25. The average Bonchev–Trinajstić information content (AvgIpc) is 2.51. The van der Waals surface area contributed by atoms with Gasteiger partial charge >= 0.3 is 0 Å². The molecule has 0 aliphatic carbocycles. The Labute approximate surface area is 73.2 Å². The molecule has 3 heteroatoms. The third-order valence-electron chi connectivity index (χ3n) is 1.82. The Morgan fingerprint density at radius 2 is 2.33 bits per heavy atom. The first-order valence-electron chi connectivity index (χ1n) is 4.12. The number of nitrogens with zero attached hydrogens (tertiary/aromatic N) is 1. The number of furan rings is 1. The zero-order valence-corrected chi connectivity index (χ0v) is 7.66. The normalized spacial score (nSPS) is 13.7. The van der Waals surface area contributed by atoms with Crippen LogP contribution in [0.25, 0.3) is 0 Å². The van der Waals surface area contributed by atoms with Crippen molar-refractivity contribution in [2.75, 3.05) is 27.2 Å². The lowest BCUT2D eigenvalue weighted by Gasteiger charge is -2.16. The van der Waals surface area contributed by atoms with Crippen molar-refractivity contribution in [3.63, 3.8) is 0 Å². The highest BCUT2D eigenvalue weighted by Gasteiger charge is 2.12. The fourth-order valence-corrected chi connectivity index (χ4v) is 1.25. The van der Waals surface area contributed by atoms with E-state index in [1.54, 1.807) is 6.26 Å². The first-order chi connectivity index (χ1) is 5.74. The van der Waals surface area contributed by atoms with Crippen molar-refractivity contribution in [1.29, 1.82) is 0 Å². The Bertz CT molecular complexity index is 206. The Morgan fingerprint density at radius 1 is 1.58 bits per heavy atom. The van der Waals surface area contributed by atoms with E-state index in [1.165, 1.54) is 0 Å². The second kappa shape index (κ2) is 4.28. The molecule has 2 N–H and O–H groups in total. The van der Waals surface area contributed by atoms with E-state index in [2.05, 4.69) is 4.90 Å². The van der Waals surface area contributed by atoms with Gasteiger partial charge in [-0.15, -0.1) is 0 Å². The molecule has 12 heavy (non-hydrogen) atoms. The zero-order valence-electron chi connectivity index (χ0n) is 7.66. The molecule has 3 nitrogen and oxygen atoms in total. The fraction of sp³-hybridized carbons (Fsp3) is 0.556. The molecular weight excluding hydrogens is 152 g/mol. The van der Waals surface area contributed by atoms with Crippen LogP contribution in [0.15, 0.2) is 22.8 Å². The predicted molar refractivity (Wildman–Crippen MR) is 49.1 cm³/mol. The van der Waals surface area contributed by atoms with Crippen molar-refractivity contribution in [2.45, 2.75) is 5.92 Å². The van der Waals surface area contributed by atoms with Crippen LogP contribution in [0.4, 0.5) is 0 Å². The maximum atomic E-state index is 5.63. The lowest BCUT2D eigenvalue weighted by molar-refractivity contribution is 0.344. The second-order valence-electron chi connectivity index (χ2n) is 3.21. The minimum absolute atomic E-state index is 0.315. The van der Waals surface area contributed by atoms with Crippen LogP contribution in [-0.4, -0.2) is 32.1 Å². The third kappa shape index (κ3) is 2.36. The topological polar surface area (TPSA) is 42.4 Å². The molecule has 0 bridgehead atoms. The zero-order chi connectivity index (χ0) is 8.97. The SMILES string of the molecule is CN(C)CC(CN)c1ccco1. The molecular formula is C9H16N2O. The van der Waals surface area contributed by atoms with Gasteiger partial charge in [-0.3, -0.25) is 0 Å². The van der Waals surface area contributed by atoms with Crippen molar-refractivity contribution in [3.05, 3.63) is 24.2 Å². The molecule has 1 heterocycles. The van der Waals surface area contributed by atoms with E-state index < -0.39 is 0 Å². The van der Waals surface area contributed by atoms with Crippen LogP contribution in [0.2, 0.25) is 0 Å². The molecule has 0 aliphatic rings. The predicted octanol–water partition coefficient (Wildman–Crippen LogP) is 0.883. The maximum absolute atomic E-state index is 5.63. The van der Waals surface area contributed by atoms with Crippen molar-refractivity contribution in [3.8, 4) is 0 Å². The van der Waals surface area contributed by atoms with E-state index in [0.29, 0.717) is 12.5 Å². The Morgan fingerprint density at radius 3 is 2.75 bits per heavy atom. The molecule has 0 aromatic carbocycles. The van der Waals surface area contributed by atoms with Crippen LogP contribution < -0.4 is 5.73 Å². The van der Waals surface area contributed by atoms with Gasteiger partial charge in [-0.2, -0.15) is 0 Å². The van der Waals surface area contributed by atoms with Gasteiger partial charge in [-0.05, 0) is 26.2 Å². The number of hydrogen-bond acceptors (Lipinski definition) is 3. The van der Waals surface area contributed by atoms with E-state index in [0.717, 1.165) is 12.3 Å². The molecule has 0 saturated carbocycles. The summed E-state index contributed by atoms with van der Waals surface area (Å²) in [5.74, 6) is 1.29. The maximum Gasteiger partial charge on any atom is 0.109 e. The van der Waals surface area contributed by atoms with Crippen LogP contribution in [-0.2, 0) is 0 Å². The van der Waals surface area contributed by atoms with Gasteiger partial charge in [-0.1, -0.05) is 0 Å². The van der Waals surface area contributed by atoms with Gasteiger partial charge < -0.3 is 15.1 Å². The summed E-state index contributed by atoms with van der Waals surface area (Å²) in [7, 11) is 4.07. The second-order valence-corrected chi connectivity index (χ2v) is 3.21. The number of likely N-dealkylation sites (N-methyl/N-ethyl adjacent to an activating group) is 1. The van der Waals surface area contributed by atoms with Gasteiger partial charge in [0.05, 0.1) is 6.26 Å². The van der Waals surface area contributed by atoms with Gasteiger partial charge in [0.15, 0.2) is 0 Å². The standard InChI is InChI=1S/C9H16N2O/c1-11(2)7-8(6-10)9-4-3-5-12-9/h3-5,8H,6-7,10H2,1-2H3. The van der Waals surface area contributed by atoms with Crippen molar-refractivity contribution < 1.29 is 4.42 Å². The van der Waals surface area contributed by atoms with Crippen molar-refractivity contribution >= 4 is 0 Å². The molecule has 1 atom stereocenters. The quantitative estimate of drug-likeness (QED) is 0.725. The van der Waals surface area contributed by atoms with E-state index in [9.17, 15) is 0 Å². The first kappa shape index (κ1) is 9.29. The number of rotatable bonds is 4. The minimum Gasteiger partial charge on any atom is -0.469 e. The van der Waals surface area contributed by atoms with Crippen molar-refractivity contribution in [1.82, 2.24) is 4.90 Å². The lowest BCUT2D eigenvalue weighted by atomic mass is 10.1. The summed E-state index contributed by atoms with van der Waals surface area (Å²) < 4.78 is 5.28. The van der Waals surface area contributed by atoms with Crippen molar-refractivity contribution in [2.24, 2.45) is 5.73 Å². The number of nitrogens with two attached hydrogens (primary N) is 1. The van der Waals surface area contributed by atoms with Gasteiger partial charge in [0, 0.05) is 19.0 Å². The Hall–Kier alpha value is -0.800. The largest absolute Gasteiger partial charge is 0.469 e. The van der Waals surface area contributed by atoms with E-state index in [-0.39, 0.29) is 0 Å². The Balaban J connectivity index is 2.57. The monoisotopic (exact) mass is 168 g/mol. The smallest absolute Gasteiger partial charge is 0.109 e. The third-order valence-corrected chi connectivity index (χ3v) is 1.82. The van der Waals surface area contributed by atoms with Crippen LogP contribution >= 0.6 is 0 Å². The highest BCUT2D eigenvalue weighted by atomic mass is 16.3. The summed E-state index contributed by atoms with van der Waals surface area (Å²) in [6.07, 6.45) is 1.69. The minimum atomic E-state index is 0.315. The van der Waals surface area contributed by atoms with Crippen LogP contribution in [0, 0.1) is 0 Å². The summed E-state index contributed by atoms with van der Waals surface area (Å²) in [6, 6.07) is 3.87. The van der Waals surface area contributed by atoms with Crippen LogP contribution in [0.1, 0.15) is 11.7 Å². The molecule has 1 unspecified atom stereocenters. The van der Waals surface area contributed by atoms with Gasteiger partial charge in [-0.25, -0.2) is 0 Å². The summed E-state index contributed by atoms with van der Waals surface area (Å²) in [4.78, 5) is 2.11. The highest BCUT2D eigenvalue weighted by Crippen LogP contribution is 2.15. The first-order valence-corrected chi connectivity index (χ1v) is 4.12. The molecule has 68 valence electrons. The molecule has 1 aromatic rings.